The zero-order valence-electron chi connectivity index (χ0n) is 21.3. The lowest BCUT2D eigenvalue weighted by Gasteiger charge is -2.28. The molecule has 0 unspecified atom stereocenters. The van der Waals surface area contributed by atoms with Crippen LogP contribution in [0.2, 0.25) is 0 Å². The van der Waals surface area contributed by atoms with Crippen molar-refractivity contribution in [3.8, 4) is 17.3 Å². The lowest BCUT2D eigenvalue weighted by Crippen LogP contribution is -2.37. The molecule has 0 aliphatic rings. The number of aryl methyl sites for hydroxylation is 1. The number of carbonyl (C=O) groups excluding carboxylic acids is 1. The van der Waals surface area contributed by atoms with Gasteiger partial charge in [0.2, 0.25) is 0 Å². The molecule has 0 saturated heterocycles. The number of carboxylic acid groups (broad SMARTS) is 1. The third-order valence-electron chi connectivity index (χ3n) is 5.69. The van der Waals surface area contributed by atoms with E-state index in [0.717, 1.165) is 27.8 Å². The Labute approximate surface area is 214 Å². The van der Waals surface area contributed by atoms with E-state index in [9.17, 15) is 30.1 Å². The van der Waals surface area contributed by atoms with Crippen molar-refractivity contribution < 1.29 is 24.4 Å². The van der Waals surface area contributed by atoms with E-state index < -0.39 is 33.8 Å². The van der Waals surface area contributed by atoms with Crippen LogP contribution in [-0.4, -0.2) is 32.7 Å². The van der Waals surface area contributed by atoms with Gasteiger partial charge in [0, 0.05) is 11.8 Å². The number of aromatic nitrogens is 1. The molecule has 192 valence electrons. The summed E-state index contributed by atoms with van der Waals surface area (Å²) in [6.45, 7) is 8.63. The minimum absolute atomic E-state index is 0.185. The minimum atomic E-state index is -1.42. The van der Waals surface area contributed by atoms with Gasteiger partial charge in [0.1, 0.15) is 17.4 Å². The molecule has 0 radical (unpaired) electrons. The first-order chi connectivity index (χ1) is 17.4. The molecule has 1 heterocycles. The number of hydrogen-bond acceptors (Lipinski definition) is 6. The van der Waals surface area contributed by atoms with Gasteiger partial charge in [-0.1, -0.05) is 37.3 Å². The molecule has 37 heavy (non-hydrogen) atoms. The first-order valence-electron chi connectivity index (χ1n) is 11.6. The normalized spacial score (nSPS) is 11.0. The maximum Gasteiger partial charge on any atom is 0.415 e. The van der Waals surface area contributed by atoms with E-state index in [-0.39, 0.29) is 12.2 Å². The number of aromatic amines is 1. The Kier molecular flexibility index (Phi) is 7.67. The van der Waals surface area contributed by atoms with E-state index in [4.69, 9.17) is 4.74 Å². The summed E-state index contributed by atoms with van der Waals surface area (Å²) >= 11 is 0. The monoisotopic (exact) mass is 504 g/mol. The number of anilines is 1. The van der Waals surface area contributed by atoms with Gasteiger partial charge in [0.15, 0.2) is 0 Å². The fourth-order valence-electron chi connectivity index (χ4n) is 4.09. The summed E-state index contributed by atoms with van der Waals surface area (Å²) in [5.41, 5.74) is 2.19. The minimum Gasteiger partial charge on any atom is -0.478 e. The molecule has 3 aromatic rings. The van der Waals surface area contributed by atoms with Crippen molar-refractivity contribution in [2.75, 3.05) is 4.90 Å². The van der Waals surface area contributed by atoms with Gasteiger partial charge in [-0.15, -0.1) is 0 Å². The molecular formula is C27H28N4O6. The molecule has 1 amide bonds. The van der Waals surface area contributed by atoms with Crippen LogP contribution in [0.4, 0.5) is 16.2 Å². The first-order valence-corrected chi connectivity index (χ1v) is 11.6. The van der Waals surface area contributed by atoms with Crippen LogP contribution in [0.15, 0.2) is 42.5 Å². The lowest BCUT2D eigenvalue weighted by molar-refractivity contribution is -0.384. The van der Waals surface area contributed by atoms with E-state index >= 15 is 0 Å². The maximum atomic E-state index is 13.2. The summed E-state index contributed by atoms with van der Waals surface area (Å²) < 4.78 is 5.48. The van der Waals surface area contributed by atoms with Crippen molar-refractivity contribution in [1.82, 2.24) is 4.98 Å². The van der Waals surface area contributed by atoms with E-state index in [1.165, 1.54) is 12.1 Å². The molecule has 10 nitrogen and oxygen atoms in total. The van der Waals surface area contributed by atoms with Crippen LogP contribution >= 0.6 is 0 Å². The fraction of sp³-hybridized carbons (Fsp3) is 0.296. The average Bonchev–Trinajstić information content (AvgIpc) is 3.16. The van der Waals surface area contributed by atoms with Gasteiger partial charge in [0.05, 0.1) is 28.3 Å². The van der Waals surface area contributed by atoms with Crippen LogP contribution in [-0.2, 0) is 17.7 Å². The molecule has 0 aliphatic heterocycles. The highest BCUT2D eigenvalue weighted by atomic mass is 16.6. The number of carboxylic acids is 1. The zero-order valence-corrected chi connectivity index (χ0v) is 21.3. The van der Waals surface area contributed by atoms with Gasteiger partial charge in [-0.05, 0) is 56.9 Å². The van der Waals surface area contributed by atoms with Crippen molar-refractivity contribution in [1.29, 1.82) is 5.26 Å². The molecule has 2 aromatic carbocycles. The molecule has 0 fully saturated rings. The Morgan fingerprint density at radius 2 is 1.84 bits per heavy atom. The van der Waals surface area contributed by atoms with Crippen molar-refractivity contribution in [3.05, 3.63) is 80.5 Å². The topological polar surface area (TPSA) is 150 Å². The van der Waals surface area contributed by atoms with Gasteiger partial charge in [0.25, 0.3) is 5.69 Å². The Morgan fingerprint density at radius 3 is 2.35 bits per heavy atom. The van der Waals surface area contributed by atoms with Gasteiger partial charge < -0.3 is 14.8 Å². The second-order valence-corrected chi connectivity index (χ2v) is 9.44. The van der Waals surface area contributed by atoms with Crippen LogP contribution in [0.25, 0.3) is 11.3 Å². The quantitative estimate of drug-likeness (QED) is 0.297. The predicted octanol–water partition coefficient (Wildman–Crippen LogP) is 5.97. The van der Waals surface area contributed by atoms with Gasteiger partial charge >= 0.3 is 12.1 Å². The molecular weight excluding hydrogens is 476 g/mol. The largest absolute Gasteiger partial charge is 0.478 e. The van der Waals surface area contributed by atoms with Crippen LogP contribution < -0.4 is 4.90 Å². The standard InChI is InChI=1S/C27H28N4O6/c1-6-19-16(2)29-23(21(19)14-28)18-12-10-17(11-13-18)15-30(26(34)37-27(3,4)5)24-20(25(32)33)8-7-9-22(24)31(35)36/h7-13,29H,6,15H2,1-5H3,(H,32,33). The van der Waals surface area contributed by atoms with Crippen LogP contribution in [0.3, 0.4) is 0 Å². The highest BCUT2D eigenvalue weighted by Gasteiger charge is 2.33. The van der Waals surface area contributed by atoms with Gasteiger partial charge in [-0.3, -0.25) is 15.0 Å². The summed E-state index contributed by atoms with van der Waals surface area (Å²) in [5.74, 6) is -1.42. The van der Waals surface area contributed by atoms with Gasteiger partial charge in [-0.25, -0.2) is 9.59 Å². The SMILES string of the molecule is CCc1c(C)[nH]c(-c2ccc(CN(C(=O)OC(C)(C)C)c3c(C(=O)O)cccc3[N+](=O)[O-])cc2)c1C#N. The summed E-state index contributed by atoms with van der Waals surface area (Å²) in [7, 11) is 0. The highest BCUT2D eigenvalue weighted by Crippen LogP contribution is 2.35. The number of benzene rings is 2. The summed E-state index contributed by atoms with van der Waals surface area (Å²) in [6.07, 6.45) is -0.219. The Balaban J connectivity index is 2.09. The Hall–Kier alpha value is -4.65. The van der Waals surface area contributed by atoms with Crippen molar-refractivity contribution in [2.24, 2.45) is 0 Å². The highest BCUT2D eigenvalue weighted by molar-refractivity contribution is 6.03. The molecule has 0 saturated carbocycles. The fourth-order valence-corrected chi connectivity index (χ4v) is 4.09. The first kappa shape index (κ1) is 26.9. The molecule has 0 aliphatic carbocycles. The number of nitro benzene ring substituents is 1. The molecule has 3 rings (SSSR count). The molecule has 0 atom stereocenters. The Morgan fingerprint density at radius 1 is 1.19 bits per heavy atom. The van der Waals surface area contributed by atoms with Crippen molar-refractivity contribution in [3.63, 3.8) is 0 Å². The van der Waals surface area contributed by atoms with Crippen molar-refractivity contribution in [2.45, 2.75) is 53.2 Å². The van der Waals surface area contributed by atoms with E-state index in [2.05, 4.69) is 11.1 Å². The molecule has 1 aromatic heterocycles. The number of rotatable bonds is 7. The van der Waals surface area contributed by atoms with E-state index in [1.54, 1.807) is 45.0 Å². The van der Waals surface area contributed by atoms with E-state index in [0.29, 0.717) is 23.2 Å². The third-order valence-corrected chi connectivity index (χ3v) is 5.69. The second kappa shape index (κ2) is 10.5. The molecule has 0 bridgehead atoms. The number of ether oxygens (including phenoxy) is 1. The maximum absolute atomic E-state index is 13.2. The third kappa shape index (κ3) is 5.78. The lowest BCUT2D eigenvalue weighted by atomic mass is 10.0. The number of nitriles is 1. The van der Waals surface area contributed by atoms with Crippen LogP contribution in [0, 0.1) is 28.4 Å². The molecule has 2 N–H and O–H groups in total. The van der Waals surface area contributed by atoms with E-state index in [1.807, 2.05) is 13.8 Å². The average molecular weight is 505 g/mol. The van der Waals surface area contributed by atoms with Gasteiger partial charge in [-0.2, -0.15) is 5.26 Å². The summed E-state index contributed by atoms with van der Waals surface area (Å²) in [6, 6.07) is 12.8. The second-order valence-electron chi connectivity index (χ2n) is 9.44. The number of nitro groups is 1. The molecule has 0 spiro atoms. The Bertz CT molecular complexity index is 1360. The van der Waals surface area contributed by atoms with Crippen molar-refractivity contribution >= 4 is 23.4 Å². The number of hydrogen-bond donors (Lipinski definition) is 2. The number of nitrogens with one attached hydrogen (secondary N) is 1. The zero-order chi connectivity index (χ0) is 27.5. The molecule has 10 heteroatoms. The van der Waals surface area contributed by atoms with Crippen LogP contribution in [0.1, 0.15) is 60.4 Å². The number of carbonyl (C=O) groups is 2. The number of amides is 1. The number of nitrogens with zero attached hydrogens (tertiary/aromatic N) is 3. The predicted molar refractivity (Wildman–Crippen MR) is 138 cm³/mol. The number of para-hydroxylation sites is 1. The number of aromatic carboxylic acids is 1. The number of H-pyrrole nitrogens is 1. The van der Waals surface area contributed by atoms with Crippen LogP contribution in [0.5, 0.6) is 0 Å². The smallest absolute Gasteiger partial charge is 0.415 e. The summed E-state index contributed by atoms with van der Waals surface area (Å²) in [5, 5.41) is 31.2. The summed E-state index contributed by atoms with van der Waals surface area (Å²) in [4.78, 5) is 40.4.